The number of halogens is 1. The summed E-state index contributed by atoms with van der Waals surface area (Å²) in [5, 5.41) is 6.88. The molecule has 1 N–H and O–H groups in total. The van der Waals surface area contributed by atoms with Gasteiger partial charge >= 0.3 is 0 Å². The lowest BCUT2D eigenvalue weighted by atomic mass is 10.0. The Morgan fingerprint density at radius 3 is 2.36 bits per heavy atom. The third-order valence-corrected chi connectivity index (χ3v) is 2.75. The van der Waals surface area contributed by atoms with Gasteiger partial charge in [0.1, 0.15) is 5.82 Å². The van der Waals surface area contributed by atoms with E-state index < -0.39 is 0 Å². The highest BCUT2D eigenvalue weighted by molar-refractivity contribution is 6.20. The predicted molar refractivity (Wildman–Crippen MR) is 57.4 cm³/mol. The van der Waals surface area contributed by atoms with Crippen molar-refractivity contribution in [1.29, 1.82) is 0 Å². The first-order chi connectivity index (χ1) is 6.35. The van der Waals surface area contributed by atoms with Crippen LogP contribution in [0.4, 0.5) is 0 Å². The molecule has 1 aromatic rings. The molecule has 1 atom stereocenters. The minimum atomic E-state index is -0.180. The van der Waals surface area contributed by atoms with Gasteiger partial charge in [-0.1, -0.05) is 0 Å². The zero-order valence-electron chi connectivity index (χ0n) is 9.30. The molecule has 5 heteroatoms. The Kier molecular flexibility index (Phi) is 3.17. The summed E-state index contributed by atoms with van der Waals surface area (Å²) < 4.78 is 0. The van der Waals surface area contributed by atoms with Gasteiger partial charge in [-0.25, -0.2) is 4.98 Å². The van der Waals surface area contributed by atoms with Crippen LogP contribution in [-0.4, -0.2) is 34.2 Å². The lowest BCUT2D eigenvalue weighted by Crippen LogP contribution is -2.36. The third kappa shape index (κ3) is 2.07. The van der Waals surface area contributed by atoms with Crippen molar-refractivity contribution in [3.8, 4) is 0 Å². The second-order valence-electron chi connectivity index (χ2n) is 4.11. The topological polar surface area (TPSA) is 44.8 Å². The highest BCUT2D eigenvalue weighted by Crippen LogP contribution is 2.23. The van der Waals surface area contributed by atoms with Gasteiger partial charge in [-0.2, -0.15) is 5.10 Å². The van der Waals surface area contributed by atoms with E-state index in [-0.39, 0.29) is 10.9 Å². The molecule has 0 spiro atoms. The summed E-state index contributed by atoms with van der Waals surface area (Å²) in [5.41, 5.74) is -0.180. The maximum absolute atomic E-state index is 5.90. The van der Waals surface area contributed by atoms with Crippen molar-refractivity contribution in [2.45, 2.75) is 31.7 Å². The Morgan fingerprint density at radius 1 is 1.43 bits per heavy atom. The second-order valence-corrected chi connectivity index (χ2v) is 4.77. The van der Waals surface area contributed by atoms with Crippen LogP contribution in [0.1, 0.15) is 37.8 Å². The first-order valence-corrected chi connectivity index (χ1v) is 5.03. The smallest absolute Gasteiger partial charge is 0.170 e. The van der Waals surface area contributed by atoms with E-state index in [0.29, 0.717) is 0 Å². The summed E-state index contributed by atoms with van der Waals surface area (Å²) in [5.74, 6) is 1.49. The summed E-state index contributed by atoms with van der Waals surface area (Å²) in [6, 6.07) is 0. The molecule has 1 heterocycles. The standard InChI is InChI=1S/C9H17ClN4/c1-6(10)7-11-8(13-12-7)9(2,3)14(4)5/h6H,1-5H3,(H,11,12,13). The lowest BCUT2D eigenvalue weighted by Gasteiger charge is -2.29. The molecule has 0 amide bonds. The van der Waals surface area contributed by atoms with Gasteiger partial charge in [0.2, 0.25) is 0 Å². The molecule has 0 aliphatic carbocycles. The number of hydrogen-bond donors (Lipinski definition) is 1. The number of aromatic nitrogens is 3. The number of H-pyrrole nitrogens is 1. The Bertz CT molecular complexity index is 304. The van der Waals surface area contributed by atoms with E-state index in [4.69, 9.17) is 11.6 Å². The van der Waals surface area contributed by atoms with Crippen LogP contribution < -0.4 is 0 Å². The van der Waals surface area contributed by atoms with Crippen molar-refractivity contribution >= 4 is 11.6 Å². The molecule has 0 aliphatic heterocycles. The summed E-state index contributed by atoms with van der Waals surface area (Å²) in [7, 11) is 4.00. The zero-order valence-corrected chi connectivity index (χ0v) is 10.1. The van der Waals surface area contributed by atoms with E-state index in [0.717, 1.165) is 11.6 Å². The fourth-order valence-electron chi connectivity index (χ4n) is 0.926. The molecule has 1 unspecified atom stereocenters. The number of alkyl halides is 1. The van der Waals surface area contributed by atoms with Crippen molar-refractivity contribution in [3.63, 3.8) is 0 Å². The fourth-order valence-corrected chi connectivity index (χ4v) is 1.02. The molecule has 80 valence electrons. The molecule has 0 aromatic carbocycles. The number of nitrogens with zero attached hydrogens (tertiary/aromatic N) is 3. The first-order valence-electron chi connectivity index (χ1n) is 4.60. The molecule has 0 fully saturated rings. The molecule has 0 saturated heterocycles. The Hall–Kier alpha value is -0.610. The van der Waals surface area contributed by atoms with Crippen LogP contribution in [0.5, 0.6) is 0 Å². The van der Waals surface area contributed by atoms with Crippen LogP contribution in [0.3, 0.4) is 0 Å². The minimum Gasteiger partial charge on any atom is -0.297 e. The lowest BCUT2D eigenvalue weighted by molar-refractivity contribution is 0.186. The first kappa shape index (κ1) is 11.5. The van der Waals surface area contributed by atoms with Crippen molar-refractivity contribution in [3.05, 3.63) is 11.6 Å². The van der Waals surface area contributed by atoms with Gasteiger partial charge in [0, 0.05) is 0 Å². The summed E-state index contributed by atoms with van der Waals surface area (Å²) in [6.45, 7) is 6.01. The summed E-state index contributed by atoms with van der Waals surface area (Å²) in [4.78, 5) is 6.43. The van der Waals surface area contributed by atoms with Crippen molar-refractivity contribution in [1.82, 2.24) is 20.1 Å². The largest absolute Gasteiger partial charge is 0.297 e. The molecule has 0 aliphatic rings. The minimum absolute atomic E-state index is 0.130. The molecule has 0 saturated carbocycles. The van der Waals surface area contributed by atoms with Gasteiger partial charge in [0.25, 0.3) is 0 Å². The van der Waals surface area contributed by atoms with Crippen LogP contribution in [-0.2, 0) is 5.54 Å². The summed E-state index contributed by atoms with van der Waals surface area (Å²) >= 11 is 5.90. The molecular weight excluding hydrogens is 200 g/mol. The quantitative estimate of drug-likeness (QED) is 0.785. The molecule has 14 heavy (non-hydrogen) atoms. The van der Waals surface area contributed by atoms with Crippen molar-refractivity contribution < 1.29 is 0 Å². The van der Waals surface area contributed by atoms with Gasteiger partial charge < -0.3 is 0 Å². The molecular formula is C9H17ClN4. The molecule has 1 aromatic heterocycles. The SMILES string of the molecule is CC(Cl)c1nc(C(C)(C)N(C)C)n[nH]1. The van der Waals surface area contributed by atoms with Gasteiger partial charge in [-0.3, -0.25) is 10.00 Å². The number of rotatable bonds is 3. The monoisotopic (exact) mass is 216 g/mol. The average molecular weight is 217 g/mol. The van der Waals surface area contributed by atoms with Crippen molar-refractivity contribution in [2.24, 2.45) is 0 Å². The fraction of sp³-hybridized carbons (Fsp3) is 0.778. The van der Waals surface area contributed by atoms with Crippen molar-refractivity contribution in [2.75, 3.05) is 14.1 Å². The molecule has 0 bridgehead atoms. The third-order valence-electron chi connectivity index (χ3n) is 2.54. The number of aromatic amines is 1. The highest BCUT2D eigenvalue weighted by Gasteiger charge is 2.28. The van der Waals surface area contributed by atoms with Gasteiger partial charge in [0.05, 0.1) is 10.9 Å². The van der Waals surface area contributed by atoms with Crippen LogP contribution in [0.2, 0.25) is 0 Å². The number of nitrogens with one attached hydrogen (secondary N) is 1. The van der Waals surface area contributed by atoms with Gasteiger partial charge in [0.15, 0.2) is 5.82 Å². The maximum Gasteiger partial charge on any atom is 0.170 e. The molecule has 1 rings (SSSR count). The van der Waals surface area contributed by atoms with Crippen LogP contribution in [0.15, 0.2) is 0 Å². The van der Waals surface area contributed by atoms with E-state index in [1.54, 1.807) is 0 Å². The van der Waals surface area contributed by atoms with Crippen LogP contribution in [0.25, 0.3) is 0 Å². The van der Waals surface area contributed by atoms with Gasteiger partial charge in [-0.15, -0.1) is 11.6 Å². The Labute approximate surface area is 89.7 Å². The Balaban J connectivity index is 2.97. The number of hydrogen-bond acceptors (Lipinski definition) is 3. The molecule has 4 nitrogen and oxygen atoms in total. The molecule has 0 radical (unpaired) electrons. The van der Waals surface area contributed by atoms with E-state index >= 15 is 0 Å². The zero-order chi connectivity index (χ0) is 10.9. The maximum atomic E-state index is 5.90. The van der Waals surface area contributed by atoms with Crippen LogP contribution in [0, 0.1) is 0 Å². The second kappa shape index (κ2) is 3.87. The van der Waals surface area contributed by atoms with Gasteiger partial charge in [-0.05, 0) is 34.9 Å². The Morgan fingerprint density at radius 2 is 2.00 bits per heavy atom. The highest BCUT2D eigenvalue weighted by atomic mass is 35.5. The average Bonchev–Trinajstić information content (AvgIpc) is 2.51. The normalized spacial score (nSPS) is 14.8. The van der Waals surface area contributed by atoms with E-state index in [1.807, 2.05) is 21.0 Å². The van der Waals surface area contributed by atoms with E-state index in [9.17, 15) is 0 Å². The summed E-state index contributed by atoms with van der Waals surface area (Å²) in [6.07, 6.45) is 0. The van der Waals surface area contributed by atoms with E-state index in [2.05, 4.69) is 33.9 Å². The van der Waals surface area contributed by atoms with Crippen LogP contribution >= 0.6 is 11.6 Å². The predicted octanol–water partition coefficient (Wildman–Crippen LogP) is 1.90. The van der Waals surface area contributed by atoms with E-state index in [1.165, 1.54) is 0 Å².